The lowest BCUT2D eigenvalue weighted by molar-refractivity contribution is 0.174. The molecule has 3 rings (SSSR count). The van der Waals surface area contributed by atoms with Gasteiger partial charge in [-0.15, -0.1) is 0 Å². The molecule has 0 bridgehead atoms. The van der Waals surface area contributed by atoms with Crippen molar-refractivity contribution in [1.29, 1.82) is 0 Å². The van der Waals surface area contributed by atoms with E-state index in [1.165, 1.54) is 11.1 Å². The van der Waals surface area contributed by atoms with Crippen LogP contribution >= 0.6 is 0 Å². The van der Waals surface area contributed by atoms with Crippen molar-refractivity contribution in [1.82, 2.24) is 0 Å². The predicted molar refractivity (Wildman–Crippen MR) is 76.7 cm³/mol. The van der Waals surface area contributed by atoms with Crippen LogP contribution in [0.15, 0.2) is 42.5 Å². The highest BCUT2D eigenvalue weighted by Crippen LogP contribution is 2.36. The van der Waals surface area contributed by atoms with Crippen LogP contribution in [0.4, 0.5) is 0 Å². The topological polar surface area (TPSA) is 18.5 Å². The van der Waals surface area contributed by atoms with Crippen molar-refractivity contribution < 1.29 is 9.47 Å². The first-order valence-corrected chi connectivity index (χ1v) is 6.54. The van der Waals surface area contributed by atoms with E-state index in [0.29, 0.717) is 6.79 Å². The molecule has 0 aliphatic carbocycles. The maximum Gasteiger partial charge on any atom is 0.231 e. The van der Waals surface area contributed by atoms with E-state index in [1.54, 1.807) is 0 Å². The SMILES string of the molecule is CC(C)(C)c1ccc(-c2ccc3c(c2)OCO3)cc1. The van der Waals surface area contributed by atoms with E-state index in [0.717, 1.165) is 17.1 Å². The van der Waals surface area contributed by atoms with E-state index >= 15 is 0 Å². The number of ether oxygens (including phenoxy) is 2. The summed E-state index contributed by atoms with van der Waals surface area (Å²) < 4.78 is 10.7. The van der Waals surface area contributed by atoms with Gasteiger partial charge in [0.05, 0.1) is 0 Å². The number of benzene rings is 2. The van der Waals surface area contributed by atoms with Crippen molar-refractivity contribution in [3.8, 4) is 22.6 Å². The molecule has 19 heavy (non-hydrogen) atoms. The molecule has 1 aliphatic rings. The lowest BCUT2D eigenvalue weighted by atomic mass is 9.86. The normalized spacial score (nSPS) is 13.6. The lowest BCUT2D eigenvalue weighted by Gasteiger charge is -2.19. The zero-order valence-corrected chi connectivity index (χ0v) is 11.6. The van der Waals surface area contributed by atoms with Gasteiger partial charge >= 0.3 is 0 Å². The Morgan fingerprint density at radius 2 is 1.42 bits per heavy atom. The van der Waals surface area contributed by atoms with Crippen molar-refractivity contribution in [2.45, 2.75) is 26.2 Å². The molecule has 0 saturated carbocycles. The monoisotopic (exact) mass is 254 g/mol. The minimum Gasteiger partial charge on any atom is -0.454 e. The Kier molecular flexibility index (Phi) is 2.74. The maximum atomic E-state index is 5.42. The van der Waals surface area contributed by atoms with Gasteiger partial charge < -0.3 is 9.47 Å². The highest BCUT2D eigenvalue weighted by molar-refractivity contribution is 5.67. The molecule has 0 saturated heterocycles. The van der Waals surface area contributed by atoms with Crippen LogP contribution < -0.4 is 9.47 Å². The second-order valence-electron chi connectivity index (χ2n) is 5.90. The Balaban J connectivity index is 1.94. The fourth-order valence-electron chi connectivity index (χ4n) is 2.24. The Bertz CT molecular complexity index is 592. The van der Waals surface area contributed by atoms with E-state index in [9.17, 15) is 0 Å². The van der Waals surface area contributed by atoms with Gasteiger partial charge in [0.2, 0.25) is 6.79 Å². The Morgan fingerprint density at radius 1 is 0.789 bits per heavy atom. The van der Waals surface area contributed by atoms with Crippen molar-refractivity contribution in [2.24, 2.45) is 0 Å². The molecule has 0 N–H and O–H groups in total. The van der Waals surface area contributed by atoms with Gasteiger partial charge in [-0.3, -0.25) is 0 Å². The number of fused-ring (bicyclic) bond motifs is 1. The van der Waals surface area contributed by atoms with Gasteiger partial charge in [-0.05, 0) is 34.2 Å². The zero-order valence-electron chi connectivity index (χ0n) is 11.6. The number of hydrogen-bond donors (Lipinski definition) is 0. The van der Waals surface area contributed by atoms with Crippen LogP contribution in [0.2, 0.25) is 0 Å². The third-order valence-electron chi connectivity index (χ3n) is 3.46. The fourth-order valence-corrected chi connectivity index (χ4v) is 2.24. The van der Waals surface area contributed by atoms with Crippen LogP contribution in [-0.2, 0) is 5.41 Å². The van der Waals surface area contributed by atoms with Gasteiger partial charge in [0.25, 0.3) is 0 Å². The van der Waals surface area contributed by atoms with Gasteiger partial charge in [-0.2, -0.15) is 0 Å². The predicted octanol–water partition coefficient (Wildman–Crippen LogP) is 4.38. The molecule has 0 atom stereocenters. The minimum atomic E-state index is 0.188. The summed E-state index contributed by atoms with van der Waals surface area (Å²) in [6, 6.07) is 14.8. The average molecular weight is 254 g/mol. The smallest absolute Gasteiger partial charge is 0.231 e. The molecule has 0 fully saturated rings. The van der Waals surface area contributed by atoms with Crippen LogP contribution in [0.3, 0.4) is 0 Å². The van der Waals surface area contributed by atoms with Crippen molar-refractivity contribution >= 4 is 0 Å². The summed E-state index contributed by atoms with van der Waals surface area (Å²) in [5.74, 6) is 1.66. The molecular formula is C17H18O2. The van der Waals surface area contributed by atoms with Crippen LogP contribution in [-0.4, -0.2) is 6.79 Å². The molecule has 1 heterocycles. The Morgan fingerprint density at radius 3 is 2.11 bits per heavy atom. The highest BCUT2D eigenvalue weighted by Gasteiger charge is 2.15. The number of hydrogen-bond acceptors (Lipinski definition) is 2. The summed E-state index contributed by atoms with van der Waals surface area (Å²) in [6.07, 6.45) is 0. The second-order valence-corrected chi connectivity index (χ2v) is 5.90. The molecule has 0 aromatic heterocycles. The highest BCUT2D eigenvalue weighted by atomic mass is 16.7. The number of rotatable bonds is 1. The molecule has 2 heteroatoms. The maximum absolute atomic E-state index is 5.42. The molecule has 2 nitrogen and oxygen atoms in total. The third kappa shape index (κ3) is 2.30. The van der Waals surface area contributed by atoms with Crippen molar-refractivity contribution in [2.75, 3.05) is 6.79 Å². The molecule has 0 amide bonds. The molecule has 0 radical (unpaired) electrons. The van der Waals surface area contributed by atoms with E-state index in [-0.39, 0.29) is 5.41 Å². The van der Waals surface area contributed by atoms with E-state index in [2.05, 4.69) is 51.1 Å². The molecule has 2 aromatic rings. The first-order valence-electron chi connectivity index (χ1n) is 6.54. The quantitative estimate of drug-likeness (QED) is 0.752. The van der Waals surface area contributed by atoms with Crippen molar-refractivity contribution in [3.63, 3.8) is 0 Å². The van der Waals surface area contributed by atoms with Gasteiger partial charge in [0.1, 0.15) is 0 Å². The lowest BCUT2D eigenvalue weighted by Crippen LogP contribution is -2.10. The largest absolute Gasteiger partial charge is 0.454 e. The van der Waals surface area contributed by atoms with Crippen molar-refractivity contribution in [3.05, 3.63) is 48.0 Å². The fraction of sp³-hybridized carbons (Fsp3) is 0.294. The van der Waals surface area contributed by atoms with Gasteiger partial charge in [-0.25, -0.2) is 0 Å². The molecule has 98 valence electrons. The second kappa shape index (κ2) is 4.30. The third-order valence-corrected chi connectivity index (χ3v) is 3.46. The summed E-state index contributed by atoms with van der Waals surface area (Å²) >= 11 is 0. The Hall–Kier alpha value is -1.96. The summed E-state index contributed by atoms with van der Waals surface area (Å²) in [4.78, 5) is 0. The summed E-state index contributed by atoms with van der Waals surface area (Å²) in [5.41, 5.74) is 3.89. The van der Waals surface area contributed by atoms with Gasteiger partial charge in [0.15, 0.2) is 11.5 Å². The van der Waals surface area contributed by atoms with Crippen LogP contribution in [0.5, 0.6) is 11.5 Å². The summed E-state index contributed by atoms with van der Waals surface area (Å²) in [6.45, 7) is 7.00. The van der Waals surface area contributed by atoms with Crippen LogP contribution in [0.25, 0.3) is 11.1 Å². The first-order chi connectivity index (χ1) is 9.04. The average Bonchev–Trinajstić information content (AvgIpc) is 2.85. The standard InChI is InChI=1S/C17H18O2/c1-17(2,3)14-7-4-12(5-8-14)13-6-9-15-16(10-13)19-11-18-15/h4-10H,11H2,1-3H3. The summed E-state index contributed by atoms with van der Waals surface area (Å²) in [5, 5.41) is 0. The molecule has 2 aromatic carbocycles. The molecule has 0 spiro atoms. The van der Waals surface area contributed by atoms with Gasteiger partial charge in [0, 0.05) is 0 Å². The molecular weight excluding hydrogens is 236 g/mol. The van der Waals surface area contributed by atoms with E-state index in [4.69, 9.17) is 9.47 Å². The van der Waals surface area contributed by atoms with E-state index < -0.39 is 0 Å². The zero-order chi connectivity index (χ0) is 13.5. The van der Waals surface area contributed by atoms with E-state index in [1.807, 2.05) is 12.1 Å². The molecule has 1 aliphatic heterocycles. The first kappa shape index (κ1) is 12.1. The summed E-state index contributed by atoms with van der Waals surface area (Å²) in [7, 11) is 0. The van der Waals surface area contributed by atoms with Crippen LogP contribution in [0, 0.1) is 0 Å². The molecule has 0 unspecified atom stereocenters. The van der Waals surface area contributed by atoms with Gasteiger partial charge in [-0.1, -0.05) is 51.1 Å². The minimum absolute atomic E-state index is 0.188. The Labute approximate surface area is 114 Å². The van der Waals surface area contributed by atoms with Crippen LogP contribution in [0.1, 0.15) is 26.3 Å².